The molecule has 0 saturated heterocycles. The largest absolute Gasteiger partial charge is 0.359 e. The fourth-order valence-corrected chi connectivity index (χ4v) is 2.35. The van der Waals surface area contributed by atoms with E-state index in [2.05, 4.69) is 16.7 Å². The average molecular weight is 251 g/mol. The highest BCUT2D eigenvalue weighted by Gasteiger charge is 2.49. The van der Waals surface area contributed by atoms with Crippen molar-refractivity contribution in [1.29, 1.82) is 5.26 Å². The molecule has 0 aromatic rings. The summed E-state index contributed by atoms with van der Waals surface area (Å²) in [7, 11) is 1.57. The Labute approximate surface area is 108 Å². The van der Waals surface area contributed by atoms with Crippen LogP contribution in [0, 0.1) is 28.1 Å². The molecule has 0 aromatic heterocycles. The molecule has 2 amide bonds. The summed E-state index contributed by atoms with van der Waals surface area (Å²) in [5.41, 5.74) is -1.55. The van der Waals surface area contributed by atoms with Crippen LogP contribution in [0.2, 0.25) is 0 Å². The summed E-state index contributed by atoms with van der Waals surface area (Å²) in [6, 6.07) is 2.11. The van der Waals surface area contributed by atoms with Crippen molar-refractivity contribution in [3.8, 4) is 6.07 Å². The topological polar surface area (TPSA) is 82.0 Å². The Hall–Kier alpha value is -1.57. The van der Waals surface area contributed by atoms with E-state index in [0.717, 1.165) is 0 Å². The molecule has 0 atom stereocenters. The number of nitrogens with zero attached hydrogens (tertiary/aromatic N) is 1. The summed E-state index contributed by atoms with van der Waals surface area (Å²) in [6.07, 6.45) is 1.21. The predicted molar refractivity (Wildman–Crippen MR) is 67.3 cm³/mol. The molecule has 0 aliphatic heterocycles. The van der Waals surface area contributed by atoms with Gasteiger partial charge in [0.25, 0.3) is 0 Å². The minimum atomic E-state index is -0.877. The first kappa shape index (κ1) is 14.5. The van der Waals surface area contributed by atoms with Gasteiger partial charge in [-0.3, -0.25) is 9.59 Å². The summed E-state index contributed by atoms with van der Waals surface area (Å²) in [6.45, 7) is 5.78. The summed E-state index contributed by atoms with van der Waals surface area (Å²) in [5.74, 6) is 0.0400. The molecule has 1 saturated carbocycles. The van der Waals surface area contributed by atoms with Crippen molar-refractivity contribution in [2.45, 2.75) is 33.6 Å². The molecule has 0 heterocycles. The summed E-state index contributed by atoms with van der Waals surface area (Å²) in [4.78, 5) is 23.6. The van der Waals surface area contributed by atoms with Gasteiger partial charge < -0.3 is 10.6 Å². The van der Waals surface area contributed by atoms with Crippen LogP contribution in [0.15, 0.2) is 0 Å². The van der Waals surface area contributed by atoms with Crippen molar-refractivity contribution in [1.82, 2.24) is 10.6 Å². The third-order valence-corrected chi connectivity index (χ3v) is 3.58. The number of nitriles is 1. The van der Waals surface area contributed by atoms with Crippen molar-refractivity contribution >= 4 is 11.8 Å². The molecule has 0 aromatic carbocycles. The van der Waals surface area contributed by atoms with E-state index >= 15 is 0 Å². The molecule has 1 aliphatic carbocycles. The van der Waals surface area contributed by atoms with Crippen molar-refractivity contribution in [2.24, 2.45) is 16.7 Å². The maximum absolute atomic E-state index is 12.0. The molecule has 2 N–H and O–H groups in total. The van der Waals surface area contributed by atoms with Gasteiger partial charge in [0.2, 0.25) is 11.8 Å². The number of amides is 2. The second-order valence-electron chi connectivity index (χ2n) is 5.85. The van der Waals surface area contributed by atoms with Crippen molar-refractivity contribution in [2.75, 3.05) is 13.6 Å². The van der Waals surface area contributed by atoms with Gasteiger partial charge in [-0.05, 0) is 32.6 Å². The molecule has 5 heteroatoms. The third-order valence-electron chi connectivity index (χ3n) is 3.58. The normalized spacial score (nSPS) is 26.7. The third kappa shape index (κ3) is 2.63. The lowest BCUT2D eigenvalue weighted by molar-refractivity contribution is -0.135. The van der Waals surface area contributed by atoms with Crippen LogP contribution in [0.3, 0.4) is 0 Å². The Morgan fingerprint density at radius 1 is 1.44 bits per heavy atom. The van der Waals surface area contributed by atoms with E-state index in [1.807, 2.05) is 6.92 Å². The SMILES string of the molecule is CNC(=O)C(C)(C)CNC(=O)C1(C#N)CC(C)C1. The molecule has 100 valence electrons. The van der Waals surface area contributed by atoms with E-state index in [9.17, 15) is 9.59 Å². The van der Waals surface area contributed by atoms with Gasteiger partial charge in [0.05, 0.1) is 11.5 Å². The minimum Gasteiger partial charge on any atom is -0.359 e. The minimum absolute atomic E-state index is 0.129. The first-order chi connectivity index (χ1) is 8.27. The highest BCUT2D eigenvalue weighted by atomic mass is 16.2. The second-order valence-corrected chi connectivity index (χ2v) is 5.85. The summed E-state index contributed by atoms with van der Waals surface area (Å²) < 4.78 is 0. The Bertz CT molecular complexity index is 390. The lowest BCUT2D eigenvalue weighted by atomic mass is 9.63. The van der Waals surface area contributed by atoms with Crippen LogP contribution in [0.4, 0.5) is 0 Å². The zero-order valence-electron chi connectivity index (χ0n) is 11.5. The average Bonchev–Trinajstić information content (AvgIpc) is 2.30. The van der Waals surface area contributed by atoms with E-state index in [4.69, 9.17) is 5.26 Å². The number of nitrogens with one attached hydrogen (secondary N) is 2. The van der Waals surface area contributed by atoms with Gasteiger partial charge in [-0.2, -0.15) is 5.26 Å². The predicted octanol–water partition coefficient (Wildman–Crippen LogP) is 0.815. The molecular weight excluding hydrogens is 230 g/mol. The highest BCUT2D eigenvalue weighted by Crippen LogP contribution is 2.45. The molecular formula is C13H21N3O2. The summed E-state index contributed by atoms with van der Waals surface area (Å²) >= 11 is 0. The number of hydrogen-bond acceptors (Lipinski definition) is 3. The van der Waals surface area contributed by atoms with Crippen LogP contribution in [0.25, 0.3) is 0 Å². The molecule has 0 spiro atoms. The van der Waals surface area contributed by atoms with Crippen LogP contribution in [0.5, 0.6) is 0 Å². The fourth-order valence-electron chi connectivity index (χ4n) is 2.35. The lowest BCUT2D eigenvalue weighted by Gasteiger charge is -2.39. The van der Waals surface area contributed by atoms with Gasteiger partial charge in [-0.15, -0.1) is 0 Å². The number of carbonyl (C=O) groups excluding carboxylic acids is 2. The van der Waals surface area contributed by atoms with E-state index in [0.29, 0.717) is 18.8 Å². The maximum atomic E-state index is 12.0. The van der Waals surface area contributed by atoms with E-state index in [-0.39, 0.29) is 18.4 Å². The van der Waals surface area contributed by atoms with Crippen LogP contribution < -0.4 is 10.6 Å². The Morgan fingerprint density at radius 2 is 2.00 bits per heavy atom. The zero-order valence-corrected chi connectivity index (χ0v) is 11.5. The molecule has 0 radical (unpaired) electrons. The standard InChI is InChI=1S/C13H21N3O2/c1-9-5-13(6-9,7-14)11(18)16-8-12(2,3)10(17)15-4/h9H,5-6,8H2,1-4H3,(H,15,17)(H,16,18). The quantitative estimate of drug-likeness (QED) is 0.776. The van der Waals surface area contributed by atoms with Crippen molar-refractivity contribution < 1.29 is 9.59 Å². The van der Waals surface area contributed by atoms with E-state index in [1.165, 1.54) is 0 Å². The Kier molecular flexibility index (Phi) is 4.00. The van der Waals surface area contributed by atoms with Gasteiger partial charge in [0.15, 0.2) is 0 Å². The lowest BCUT2D eigenvalue weighted by Crippen LogP contribution is -2.51. The molecule has 1 aliphatic rings. The number of hydrogen-bond donors (Lipinski definition) is 2. The van der Waals surface area contributed by atoms with Crippen molar-refractivity contribution in [3.05, 3.63) is 0 Å². The van der Waals surface area contributed by atoms with Gasteiger partial charge in [-0.1, -0.05) is 6.92 Å². The van der Waals surface area contributed by atoms with E-state index < -0.39 is 10.8 Å². The van der Waals surface area contributed by atoms with Gasteiger partial charge in [0.1, 0.15) is 5.41 Å². The number of rotatable bonds is 4. The van der Waals surface area contributed by atoms with Crippen LogP contribution in [0.1, 0.15) is 33.6 Å². The fraction of sp³-hybridized carbons (Fsp3) is 0.769. The molecule has 1 fully saturated rings. The van der Waals surface area contributed by atoms with Gasteiger partial charge in [-0.25, -0.2) is 0 Å². The smallest absolute Gasteiger partial charge is 0.240 e. The molecule has 0 unspecified atom stereocenters. The van der Waals surface area contributed by atoms with Gasteiger partial charge >= 0.3 is 0 Å². The van der Waals surface area contributed by atoms with Crippen LogP contribution >= 0.6 is 0 Å². The molecule has 1 rings (SSSR count). The first-order valence-electron chi connectivity index (χ1n) is 6.19. The molecule has 0 bridgehead atoms. The van der Waals surface area contributed by atoms with Crippen LogP contribution in [-0.4, -0.2) is 25.4 Å². The second kappa shape index (κ2) is 4.97. The highest BCUT2D eigenvalue weighted by molar-refractivity contribution is 5.88. The monoisotopic (exact) mass is 251 g/mol. The summed E-state index contributed by atoms with van der Waals surface area (Å²) in [5, 5.41) is 14.4. The molecule has 5 nitrogen and oxygen atoms in total. The Balaban J connectivity index is 2.57. The Morgan fingerprint density at radius 3 is 2.39 bits per heavy atom. The van der Waals surface area contributed by atoms with Gasteiger partial charge in [0, 0.05) is 13.6 Å². The maximum Gasteiger partial charge on any atom is 0.240 e. The zero-order chi connectivity index (χ0) is 14.0. The molecule has 18 heavy (non-hydrogen) atoms. The van der Waals surface area contributed by atoms with E-state index in [1.54, 1.807) is 20.9 Å². The van der Waals surface area contributed by atoms with Crippen molar-refractivity contribution in [3.63, 3.8) is 0 Å². The number of carbonyl (C=O) groups is 2. The van der Waals surface area contributed by atoms with Crippen LogP contribution in [-0.2, 0) is 9.59 Å². The first-order valence-corrected chi connectivity index (χ1v) is 6.19.